The molecule has 0 bridgehead atoms. The Hall–Kier alpha value is -1.06. The Morgan fingerprint density at radius 1 is 1.18 bits per heavy atom. The zero-order chi connectivity index (χ0) is 8.69. The molecule has 0 saturated heterocycles. The van der Waals surface area contributed by atoms with E-state index in [0.717, 1.165) is 25.0 Å². The zero-order valence-electron chi connectivity index (χ0n) is 7.17. The molecule has 0 unspecified atom stereocenters. The number of hydrogen-bond acceptors (Lipinski definition) is 2. The van der Waals surface area contributed by atoms with E-state index in [1.54, 1.807) is 0 Å². The van der Waals surface area contributed by atoms with E-state index in [9.17, 15) is 0 Å². The lowest BCUT2D eigenvalue weighted by atomic mass is 10.2. The molecule has 0 aromatic carbocycles. The van der Waals surface area contributed by atoms with Gasteiger partial charge in [-0.15, -0.1) is 5.10 Å². The van der Waals surface area contributed by atoms with Gasteiger partial charge < -0.3 is 11.5 Å². The molecule has 64 valence electrons. The van der Waals surface area contributed by atoms with E-state index in [4.69, 9.17) is 11.5 Å². The lowest BCUT2D eigenvalue weighted by Gasteiger charge is -1.96. The molecule has 0 amide bonds. The van der Waals surface area contributed by atoms with Crippen LogP contribution in [0.25, 0.3) is 0 Å². The molecular weight excluding hydrogens is 140 g/mol. The number of guanidine groups is 1. The van der Waals surface area contributed by atoms with Gasteiger partial charge in [0.15, 0.2) is 0 Å². The average Bonchev–Trinajstić information content (AvgIpc) is 1.97. The Balaban J connectivity index is 4.00. The Labute approximate surface area is 67.4 Å². The van der Waals surface area contributed by atoms with Gasteiger partial charge in [-0.2, -0.15) is 5.10 Å². The summed E-state index contributed by atoms with van der Waals surface area (Å²) in [5.41, 5.74) is 11.3. The predicted octanol–water partition coefficient (Wildman–Crippen LogP) is 0.826. The van der Waals surface area contributed by atoms with Gasteiger partial charge in [0.1, 0.15) is 0 Å². The third kappa shape index (κ3) is 5.39. The van der Waals surface area contributed by atoms with E-state index < -0.39 is 0 Å². The van der Waals surface area contributed by atoms with Gasteiger partial charge >= 0.3 is 0 Å². The Morgan fingerprint density at radius 2 is 1.82 bits per heavy atom. The highest BCUT2D eigenvalue weighted by molar-refractivity contribution is 5.85. The van der Waals surface area contributed by atoms with Crippen LogP contribution in [0.5, 0.6) is 0 Å². The monoisotopic (exact) mass is 156 g/mol. The maximum atomic E-state index is 5.11. The summed E-state index contributed by atoms with van der Waals surface area (Å²) in [6.07, 6.45) is 2.95. The fourth-order valence-electron chi connectivity index (χ4n) is 0.715. The van der Waals surface area contributed by atoms with Crippen molar-refractivity contribution in [1.29, 1.82) is 0 Å². The van der Waals surface area contributed by atoms with Crippen LogP contribution < -0.4 is 11.5 Å². The second-order valence-electron chi connectivity index (χ2n) is 2.29. The summed E-state index contributed by atoms with van der Waals surface area (Å²) in [7, 11) is 0. The molecule has 0 aliphatic carbocycles. The summed E-state index contributed by atoms with van der Waals surface area (Å²) < 4.78 is 0. The molecule has 0 fully saturated rings. The lowest BCUT2D eigenvalue weighted by molar-refractivity contribution is 0.953. The Bertz CT molecular complexity index is 156. The van der Waals surface area contributed by atoms with Gasteiger partial charge in [-0.25, -0.2) is 0 Å². The molecule has 0 heterocycles. The van der Waals surface area contributed by atoms with Gasteiger partial charge in [-0.1, -0.05) is 20.3 Å². The Kier molecular flexibility index (Phi) is 5.15. The normalized spacial score (nSPS) is 11.3. The third-order valence-electron chi connectivity index (χ3n) is 1.25. The zero-order valence-corrected chi connectivity index (χ0v) is 7.17. The summed E-state index contributed by atoms with van der Waals surface area (Å²) in [4.78, 5) is 0. The van der Waals surface area contributed by atoms with Gasteiger partial charge in [0.05, 0.1) is 0 Å². The molecule has 11 heavy (non-hydrogen) atoms. The van der Waals surface area contributed by atoms with Gasteiger partial charge in [-0.05, 0) is 12.8 Å². The van der Waals surface area contributed by atoms with Crippen molar-refractivity contribution >= 4 is 11.7 Å². The first-order valence-corrected chi connectivity index (χ1v) is 3.85. The van der Waals surface area contributed by atoms with E-state index in [-0.39, 0.29) is 5.96 Å². The molecule has 4 N–H and O–H groups in total. The van der Waals surface area contributed by atoms with Gasteiger partial charge in [0, 0.05) is 5.71 Å². The van der Waals surface area contributed by atoms with Crippen molar-refractivity contribution in [3.63, 3.8) is 0 Å². The van der Waals surface area contributed by atoms with E-state index in [2.05, 4.69) is 17.1 Å². The molecule has 0 saturated carbocycles. The lowest BCUT2D eigenvalue weighted by Crippen LogP contribution is -2.22. The van der Waals surface area contributed by atoms with Crippen LogP contribution in [0.4, 0.5) is 0 Å². The van der Waals surface area contributed by atoms with Crippen molar-refractivity contribution in [2.75, 3.05) is 0 Å². The maximum absolute atomic E-state index is 5.11. The second-order valence-corrected chi connectivity index (χ2v) is 2.29. The largest absolute Gasteiger partial charge is 0.369 e. The first kappa shape index (κ1) is 9.94. The standard InChI is InChI=1S/C7H16N4/c1-3-5-6(4-2)10-11-7(8)9/h3-5H2,1-2H3,(H4,8,9,11)/b10-6+. The molecule has 0 rings (SSSR count). The molecule has 0 aliphatic rings. The minimum atomic E-state index is 0.0204. The highest BCUT2D eigenvalue weighted by Gasteiger charge is 1.92. The van der Waals surface area contributed by atoms with Crippen molar-refractivity contribution in [2.24, 2.45) is 21.7 Å². The highest BCUT2D eigenvalue weighted by atomic mass is 15.3. The Morgan fingerprint density at radius 3 is 2.18 bits per heavy atom. The van der Waals surface area contributed by atoms with Crippen LogP contribution >= 0.6 is 0 Å². The summed E-state index contributed by atoms with van der Waals surface area (Å²) >= 11 is 0. The van der Waals surface area contributed by atoms with Crippen LogP contribution in [0.3, 0.4) is 0 Å². The van der Waals surface area contributed by atoms with Crippen LogP contribution in [0.1, 0.15) is 33.1 Å². The smallest absolute Gasteiger partial charge is 0.211 e. The van der Waals surface area contributed by atoms with Crippen molar-refractivity contribution in [1.82, 2.24) is 0 Å². The first-order valence-electron chi connectivity index (χ1n) is 3.85. The van der Waals surface area contributed by atoms with Crippen LogP contribution in [-0.2, 0) is 0 Å². The number of nitrogens with zero attached hydrogens (tertiary/aromatic N) is 2. The third-order valence-corrected chi connectivity index (χ3v) is 1.25. The molecule has 0 aromatic rings. The summed E-state index contributed by atoms with van der Waals surface area (Å²) in [5.74, 6) is 0.0204. The molecule has 0 radical (unpaired) electrons. The highest BCUT2D eigenvalue weighted by Crippen LogP contribution is 1.96. The summed E-state index contributed by atoms with van der Waals surface area (Å²) in [5, 5.41) is 7.46. The maximum Gasteiger partial charge on any atom is 0.211 e. The van der Waals surface area contributed by atoms with Crippen LogP contribution in [0.15, 0.2) is 10.2 Å². The molecule has 0 spiro atoms. The number of hydrogen-bond donors (Lipinski definition) is 2. The fraction of sp³-hybridized carbons (Fsp3) is 0.714. The quantitative estimate of drug-likeness (QED) is 0.359. The van der Waals surface area contributed by atoms with Crippen molar-refractivity contribution in [3.8, 4) is 0 Å². The van der Waals surface area contributed by atoms with Crippen LogP contribution in [0.2, 0.25) is 0 Å². The molecule has 4 nitrogen and oxygen atoms in total. The summed E-state index contributed by atoms with van der Waals surface area (Å²) in [6.45, 7) is 4.14. The minimum absolute atomic E-state index is 0.0204. The SMILES string of the molecule is CCC/C(CC)=N/N=C(N)N. The minimum Gasteiger partial charge on any atom is -0.369 e. The van der Waals surface area contributed by atoms with Gasteiger partial charge in [-0.3, -0.25) is 0 Å². The predicted molar refractivity (Wildman–Crippen MR) is 48.4 cm³/mol. The number of rotatable bonds is 4. The molecule has 4 heteroatoms. The second kappa shape index (κ2) is 5.70. The van der Waals surface area contributed by atoms with E-state index in [0.29, 0.717) is 0 Å². The van der Waals surface area contributed by atoms with Crippen LogP contribution in [-0.4, -0.2) is 11.7 Å². The number of nitrogens with two attached hydrogens (primary N) is 2. The fourth-order valence-corrected chi connectivity index (χ4v) is 0.715. The molecule has 0 aliphatic heterocycles. The van der Waals surface area contributed by atoms with Crippen molar-refractivity contribution < 1.29 is 0 Å². The van der Waals surface area contributed by atoms with Crippen molar-refractivity contribution in [3.05, 3.63) is 0 Å². The first-order chi connectivity index (χ1) is 5.20. The average molecular weight is 156 g/mol. The van der Waals surface area contributed by atoms with E-state index >= 15 is 0 Å². The summed E-state index contributed by atoms with van der Waals surface area (Å²) in [6, 6.07) is 0. The molecule has 0 aromatic heterocycles. The molecule has 0 atom stereocenters. The topological polar surface area (TPSA) is 76.8 Å². The molecular formula is C7H16N4. The van der Waals surface area contributed by atoms with Crippen LogP contribution in [0, 0.1) is 0 Å². The van der Waals surface area contributed by atoms with Crippen molar-refractivity contribution in [2.45, 2.75) is 33.1 Å². The van der Waals surface area contributed by atoms with Gasteiger partial charge in [0.2, 0.25) is 5.96 Å². The van der Waals surface area contributed by atoms with E-state index in [1.165, 1.54) is 0 Å². The van der Waals surface area contributed by atoms with E-state index in [1.807, 2.05) is 6.92 Å². The van der Waals surface area contributed by atoms with Gasteiger partial charge in [0.25, 0.3) is 0 Å².